The van der Waals surface area contributed by atoms with Gasteiger partial charge in [-0.25, -0.2) is 9.59 Å². The minimum Gasteiger partial charge on any atom is -0.419 e. The van der Waals surface area contributed by atoms with E-state index in [0.29, 0.717) is 0 Å². The number of hydrogen-bond donors (Lipinski definition) is 0. The number of carbonyl (C=O) groups is 2. The average molecular weight is 234 g/mol. The summed E-state index contributed by atoms with van der Waals surface area (Å²) in [5.74, 6) is -5.81. The van der Waals surface area contributed by atoms with Gasteiger partial charge in [-0.05, 0) is 0 Å². The summed E-state index contributed by atoms with van der Waals surface area (Å²) in [6, 6.07) is 0. The minimum atomic E-state index is -2.35. The Morgan fingerprint density at radius 2 is 1.75 bits per heavy atom. The van der Waals surface area contributed by atoms with Crippen LogP contribution in [0.15, 0.2) is 0 Å². The molecule has 2 fully saturated rings. The van der Waals surface area contributed by atoms with Crippen LogP contribution in [-0.4, -0.2) is 37.1 Å². The Morgan fingerprint density at radius 3 is 2.19 bits per heavy atom. The van der Waals surface area contributed by atoms with E-state index in [1.165, 1.54) is 21.0 Å². The van der Waals surface area contributed by atoms with Crippen molar-refractivity contribution in [3.05, 3.63) is 0 Å². The quantitative estimate of drug-likeness (QED) is 0.338. The van der Waals surface area contributed by atoms with E-state index < -0.39 is 30.0 Å². The predicted octanol–water partition coefficient (Wildman–Crippen LogP) is -0.573. The maximum absolute atomic E-state index is 11.6. The molecule has 0 bridgehead atoms. The summed E-state index contributed by atoms with van der Waals surface area (Å²) in [4.78, 5) is 32.2. The molecule has 2 saturated heterocycles. The highest BCUT2D eigenvalue weighted by Gasteiger charge is 2.65. The summed E-state index contributed by atoms with van der Waals surface area (Å²) in [7, 11) is 1.25. The van der Waals surface area contributed by atoms with Crippen molar-refractivity contribution in [2.75, 3.05) is 7.11 Å². The van der Waals surface area contributed by atoms with Gasteiger partial charge in [-0.2, -0.15) is 9.78 Å². The first-order valence-electron chi connectivity index (χ1n) is 4.42. The summed E-state index contributed by atoms with van der Waals surface area (Å²) in [5.41, 5.74) is 0. The highest BCUT2D eigenvalue weighted by Crippen LogP contribution is 2.35. The fraction of sp³-hybridized carbons (Fsp3) is 0.750. The van der Waals surface area contributed by atoms with E-state index in [-0.39, 0.29) is 0 Å². The van der Waals surface area contributed by atoms with Gasteiger partial charge in [-0.3, -0.25) is 4.74 Å². The van der Waals surface area contributed by atoms with Crippen molar-refractivity contribution >= 4 is 11.9 Å². The number of carbonyl (C=O) groups excluding carboxylic acids is 2. The average Bonchev–Trinajstić information content (AvgIpc) is 2.59. The number of methoxy groups -OCH3 is 1. The first kappa shape index (κ1) is 11.3. The third kappa shape index (κ3) is 1.55. The van der Waals surface area contributed by atoms with Gasteiger partial charge >= 0.3 is 24.2 Å². The molecular formula is C8H10O8. The molecule has 2 aliphatic rings. The van der Waals surface area contributed by atoms with E-state index in [1.807, 2.05) is 0 Å². The molecule has 1 spiro atoms. The lowest BCUT2D eigenvalue weighted by atomic mass is 10.2. The molecule has 0 aliphatic carbocycles. The molecule has 2 rings (SSSR count). The molecule has 0 aromatic heterocycles. The van der Waals surface area contributed by atoms with Gasteiger partial charge in [0, 0.05) is 21.0 Å². The first-order valence-corrected chi connectivity index (χ1v) is 4.42. The molecule has 0 aromatic rings. The van der Waals surface area contributed by atoms with Crippen molar-refractivity contribution in [2.24, 2.45) is 0 Å². The molecule has 0 aromatic carbocycles. The Hall–Kier alpha value is -1.22. The third-order valence-electron chi connectivity index (χ3n) is 1.91. The predicted molar refractivity (Wildman–Crippen MR) is 43.0 cm³/mol. The monoisotopic (exact) mass is 234 g/mol. The van der Waals surface area contributed by atoms with Gasteiger partial charge in [0.25, 0.3) is 5.79 Å². The van der Waals surface area contributed by atoms with E-state index in [1.54, 1.807) is 0 Å². The lowest BCUT2D eigenvalue weighted by molar-refractivity contribution is -0.363. The van der Waals surface area contributed by atoms with E-state index in [2.05, 4.69) is 14.5 Å². The molecule has 16 heavy (non-hydrogen) atoms. The van der Waals surface area contributed by atoms with Crippen LogP contribution in [0.3, 0.4) is 0 Å². The van der Waals surface area contributed by atoms with Crippen LogP contribution in [0.1, 0.15) is 13.8 Å². The molecule has 0 unspecified atom stereocenters. The zero-order valence-electron chi connectivity index (χ0n) is 8.84. The number of cyclic esters (lactones) is 2. The van der Waals surface area contributed by atoms with Gasteiger partial charge in [0.15, 0.2) is 0 Å². The Labute approximate surface area is 90.2 Å². The summed E-state index contributed by atoms with van der Waals surface area (Å²) in [6.45, 7) is 1.51. The summed E-state index contributed by atoms with van der Waals surface area (Å²) < 4.78 is 19.1. The van der Waals surface area contributed by atoms with E-state index >= 15 is 0 Å². The van der Waals surface area contributed by atoms with Crippen molar-refractivity contribution in [3.8, 4) is 0 Å². The minimum absolute atomic E-state index is 1.05. The van der Waals surface area contributed by atoms with Crippen molar-refractivity contribution in [2.45, 2.75) is 31.9 Å². The first-order chi connectivity index (χ1) is 7.39. The zero-order chi connectivity index (χ0) is 12.0. The van der Waals surface area contributed by atoms with Crippen LogP contribution in [0.5, 0.6) is 0 Å². The lowest BCUT2D eigenvalue weighted by Crippen LogP contribution is -2.59. The van der Waals surface area contributed by atoms with Crippen LogP contribution < -0.4 is 0 Å². The fourth-order valence-electron chi connectivity index (χ4n) is 1.22. The van der Waals surface area contributed by atoms with Crippen LogP contribution >= 0.6 is 0 Å². The number of ether oxygens (including phenoxy) is 4. The van der Waals surface area contributed by atoms with E-state index in [9.17, 15) is 9.59 Å². The SMILES string of the molecule is CO[C@@H]1OOC2(O1)C(=O)OC(C)(C)OC2=O. The van der Waals surface area contributed by atoms with Gasteiger partial charge in [-0.1, -0.05) is 0 Å². The van der Waals surface area contributed by atoms with Gasteiger partial charge in [0.05, 0.1) is 0 Å². The highest BCUT2D eigenvalue weighted by atomic mass is 17.3. The van der Waals surface area contributed by atoms with Crippen molar-refractivity contribution in [1.82, 2.24) is 0 Å². The van der Waals surface area contributed by atoms with Crippen LogP contribution in [0, 0.1) is 0 Å². The van der Waals surface area contributed by atoms with Crippen LogP contribution in [0.2, 0.25) is 0 Å². The summed E-state index contributed by atoms with van der Waals surface area (Å²) in [6.07, 6.45) is 0. The van der Waals surface area contributed by atoms with Gasteiger partial charge < -0.3 is 14.2 Å². The number of esters is 2. The standard InChI is InChI=1S/C8H10O8/c1-7(2)12-4(9)8(5(10)13-7)14-6(11-3)15-16-8/h6H,1-3H3/t6-/m0/s1. The second-order valence-corrected chi connectivity index (χ2v) is 3.62. The molecule has 0 N–H and O–H groups in total. The maximum atomic E-state index is 11.6. The van der Waals surface area contributed by atoms with E-state index in [4.69, 9.17) is 14.2 Å². The summed E-state index contributed by atoms with van der Waals surface area (Å²) in [5, 5.41) is 0. The van der Waals surface area contributed by atoms with Gasteiger partial charge in [0.1, 0.15) is 0 Å². The molecule has 8 nitrogen and oxygen atoms in total. The lowest BCUT2D eigenvalue weighted by Gasteiger charge is -2.35. The van der Waals surface area contributed by atoms with Crippen LogP contribution in [0.25, 0.3) is 0 Å². The molecule has 2 aliphatic heterocycles. The molecule has 0 amide bonds. The smallest absolute Gasteiger partial charge is 0.401 e. The van der Waals surface area contributed by atoms with Crippen LogP contribution in [0.4, 0.5) is 0 Å². The maximum Gasteiger partial charge on any atom is 0.401 e. The van der Waals surface area contributed by atoms with Gasteiger partial charge in [-0.15, -0.1) is 0 Å². The normalized spacial score (nSPS) is 31.3. The Balaban J connectivity index is 2.23. The van der Waals surface area contributed by atoms with E-state index in [0.717, 1.165) is 0 Å². The fourth-order valence-corrected chi connectivity index (χ4v) is 1.22. The van der Waals surface area contributed by atoms with Gasteiger partial charge in [0.2, 0.25) is 0 Å². The molecule has 2 heterocycles. The molecule has 8 heteroatoms. The Morgan fingerprint density at radius 1 is 1.19 bits per heavy atom. The molecule has 0 radical (unpaired) electrons. The largest absolute Gasteiger partial charge is 0.419 e. The van der Waals surface area contributed by atoms with Crippen molar-refractivity contribution in [3.63, 3.8) is 0 Å². The Kier molecular flexibility index (Phi) is 2.39. The second kappa shape index (κ2) is 3.39. The molecule has 0 saturated carbocycles. The Bertz CT molecular complexity index is 315. The highest BCUT2D eigenvalue weighted by molar-refractivity contribution is 6.03. The third-order valence-corrected chi connectivity index (χ3v) is 1.91. The molecular weight excluding hydrogens is 224 g/mol. The topological polar surface area (TPSA) is 89.5 Å². The summed E-state index contributed by atoms with van der Waals surface area (Å²) >= 11 is 0. The number of hydrogen-bond acceptors (Lipinski definition) is 8. The zero-order valence-corrected chi connectivity index (χ0v) is 8.84. The second-order valence-electron chi connectivity index (χ2n) is 3.62. The molecule has 90 valence electrons. The van der Waals surface area contributed by atoms with Crippen molar-refractivity contribution in [1.29, 1.82) is 0 Å². The van der Waals surface area contributed by atoms with Crippen LogP contribution in [-0.2, 0) is 38.3 Å². The number of rotatable bonds is 1. The molecule has 1 atom stereocenters. The van der Waals surface area contributed by atoms with Crippen molar-refractivity contribution < 1.29 is 38.3 Å².